The van der Waals surface area contributed by atoms with Crippen molar-refractivity contribution in [2.45, 2.75) is 12.3 Å². The van der Waals surface area contributed by atoms with Crippen molar-refractivity contribution in [3.05, 3.63) is 53.6 Å². The van der Waals surface area contributed by atoms with Gasteiger partial charge in [0, 0.05) is 18.7 Å². The maximum absolute atomic E-state index is 6.47. The van der Waals surface area contributed by atoms with Gasteiger partial charge in [0.2, 0.25) is 0 Å². The second-order valence-corrected chi connectivity index (χ2v) is 7.43. The number of halogens is 4. The molecule has 0 nitrogen and oxygen atoms in total. The van der Waals surface area contributed by atoms with E-state index < -0.39 is 0 Å². The number of thiophene rings is 1. The zero-order valence-electron chi connectivity index (χ0n) is 8.81. The summed E-state index contributed by atoms with van der Waals surface area (Å²) in [7, 11) is 0. The predicted molar refractivity (Wildman–Crippen MR) is 83.6 cm³/mol. The zero-order chi connectivity index (χ0) is 12.6. The lowest BCUT2D eigenvalue weighted by molar-refractivity contribution is 1.18. The van der Waals surface area contributed by atoms with Crippen LogP contribution in [0.1, 0.15) is 20.7 Å². The number of aryl methyl sites for hydroxylation is 1. The van der Waals surface area contributed by atoms with Gasteiger partial charge in [-0.15, -0.1) is 22.9 Å². The molecule has 0 saturated carbocycles. The van der Waals surface area contributed by atoms with Gasteiger partial charge in [0.1, 0.15) is 0 Å². The Morgan fingerprint density at radius 2 is 1.88 bits per heavy atom. The van der Waals surface area contributed by atoms with E-state index in [1.54, 1.807) is 11.3 Å². The van der Waals surface area contributed by atoms with E-state index in [2.05, 4.69) is 44.8 Å². The molecule has 0 aliphatic carbocycles. The van der Waals surface area contributed by atoms with Crippen LogP contribution < -0.4 is 0 Å². The van der Waals surface area contributed by atoms with Crippen molar-refractivity contribution in [3.8, 4) is 0 Å². The lowest BCUT2D eigenvalue weighted by Gasteiger charge is -2.08. The van der Waals surface area contributed by atoms with E-state index >= 15 is 0 Å². The Kier molecular flexibility index (Phi) is 4.59. The number of hydrogen-bond acceptors (Lipinski definition) is 1. The van der Waals surface area contributed by atoms with Crippen LogP contribution in [0.15, 0.2) is 33.2 Å². The minimum Gasteiger partial charge on any atom is -0.143 e. The summed E-state index contributed by atoms with van der Waals surface area (Å²) in [6.07, 6.45) is 0. The normalized spacial score (nSPS) is 12.8. The van der Waals surface area contributed by atoms with Gasteiger partial charge in [0.15, 0.2) is 0 Å². The van der Waals surface area contributed by atoms with Crippen LogP contribution in [0.4, 0.5) is 0 Å². The van der Waals surface area contributed by atoms with Crippen molar-refractivity contribution in [1.29, 1.82) is 0 Å². The monoisotopic (exact) mass is 412 g/mol. The van der Waals surface area contributed by atoms with E-state index in [1.807, 2.05) is 18.2 Å². The van der Waals surface area contributed by atoms with Crippen molar-refractivity contribution in [1.82, 2.24) is 0 Å². The summed E-state index contributed by atoms with van der Waals surface area (Å²) in [4.78, 5) is 2.36. The van der Waals surface area contributed by atoms with Crippen molar-refractivity contribution < 1.29 is 0 Å². The number of benzene rings is 1. The Balaban J connectivity index is 2.36. The smallest absolute Gasteiger partial charge is 0.0928 e. The first-order chi connectivity index (χ1) is 7.99. The second-order valence-electron chi connectivity index (χ2n) is 3.59. The van der Waals surface area contributed by atoms with Crippen LogP contribution in [0.3, 0.4) is 0 Å². The molecule has 0 N–H and O–H groups in total. The van der Waals surface area contributed by atoms with Crippen LogP contribution in [0.5, 0.6) is 0 Å². The SMILES string of the molecule is Cc1sc(C(Cl)c2ccc(Cl)c(Br)c2)cc1Br. The fraction of sp³-hybridized carbons (Fsp3) is 0.167. The second kappa shape index (κ2) is 5.62. The highest BCUT2D eigenvalue weighted by Gasteiger charge is 2.15. The lowest BCUT2D eigenvalue weighted by atomic mass is 10.1. The fourth-order valence-electron chi connectivity index (χ4n) is 1.44. The van der Waals surface area contributed by atoms with Crippen LogP contribution in [-0.4, -0.2) is 0 Å². The largest absolute Gasteiger partial charge is 0.143 e. The molecule has 1 aromatic heterocycles. The molecular weight excluding hydrogens is 407 g/mol. The van der Waals surface area contributed by atoms with Crippen molar-refractivity contribution in [2.75, 3.05) is 0 Å². The molecule has 2 aromatic rings. The van der Waals surface area contributed by atoms with Gasteiger partial charge >= 0.3 is 0 Å². The van der Waals surface area contributed by atoms with Gasteiger partial charge in [-0.3, -0.25) is 0 Å². The van der Waals surface area contributed by atoms with Gasteiger partial charge in [0.05, 0.1) is 10.4 Å². The van der Waals surface area contributed by atoms with Gasteiger partial charge in [-0.25, -0.2) is 0 Å². The van der Waals surface area contributed by atoms with E-state index in [-0.39, 0.29) is 5.38 Å². The summed E-state index contributed by atoms with van der Waals surface area (Å²) >= 11 is 21.0. The molecule has 0 aliphatic rings. The molecule has 0 spiro atoms. The zero-order valence-corrected chi connectivity index (χ0v) is 14.3. The van der Waals surface area contributed by atoms with E-state index in [9.17, 15) is 0 Å². The maximum Gasteiger partial charge on any atom is 0.0928 e. The molecular formula is C12H8Br2Cl2S. The summed E-state index contributed by atoms with van der Waals surface area (Å²) < 4.78 is 1.98. The Labute approximate surface area is 131 Å². The third-order valence-electron chi connectivity index (χ3n) is 2.36. The summed E-state index contributed by atoms with van der Waals surface area (Å²) in [6, 6.07) is 7.84. The standard InChI is InChI=1S/C12H8Br2Cl2S/c1-6-8(13)5-11(17-6)12(16)7-2-3-10(15)9(14)4-7/h2-5,12H,1H3. The van der Waals surface area contributed by atoms with Gasteiger partial charge in [-0.2, -0.15) is 0 Å². The molecule has 0 saturated heterocycles. The maximum atomic E-state index is 6.47. The minimum absolute atomic E-state index is 0.140. The summed E-state index contributed by atoms with van der Waals surface area (Å²) in [5, 5.41) is 0.555. The van der Waals surface area contributed by atoms with Gasteiger partial charge in [-0.05, 0) is 62.5 Å². The van der Waals surface area contributed by atoms with Crippen molar-refractivity contribution >= 4 is 66.4 Å². The fourth-order valence-corrected chi connectivity index (χ4v) is 3.85. The third kappa shape index (κ3) is 3.07. The Hall–Kier alpha value is 0.460. The predicted octanol–water partition coefficient (Wildman–Crippen LogP) is 6.56. The average Bonchev–Trinajstić information content (AvgIpc) is 2.62. The van der Waals surface area contributed by atoms with Crippen LogP contribution in [0, 0.1) is 6.92 Å². The van der Waals surface area contributed by atoms with Crippen LogP contribution >= 0.6 is 66.4 Å². The van der Waals surface area contributed by atoms with Crippen molar-refractivity contribution in [3.63, 3.8) is 0 Å². The molecule has 17 heavy (non-hydrogen) atoms. The molecule has 90 valence electrons. The molecule has 1 atom stereocenters. The summed E-state index contributed by atoms with van der Waals surface area (Å²) in [5.74, 6) is 0. The summed E-state index contributed by atoms with van der Waals surface area (Å²) in [5.41, 5.74) is 1.04. The van der Waals surface area contributed by atoms with E-state index in [4.69, 9.17) is 23.2 Å². The minimum atomic E-state index is -0.140. The average molecular weight is 415 g/mol. The number of alkyl halides is 1. The molecule has 0 fully saturated rings. The van der Waals surface area contributed by atoms with Gasteiger partial charge in [-0.1, -0.05) is 17.7 Å². The Morgan fingerprint density at radius 3 is 2.41 bits per heavy atom. The third-order valence-corrected chi connectivity index (χ3v) is 6.39. The number of rotatable bonds is 2. The molecule has 0 radical (unpaired) electrons. The molecule has 0 aliphatic heterocycles. The van der Waals surface area contributed by atoms with Gasteiger partial charge in [0.25, 0.3) is 0 Å². The highest BCUT2D eigenvalue weighted by molar-refractivity contribution is 9.10. The highest BCUT2D eigenvalue weighted by atomic mass is 79.9. The molecule has 1 unspecified atom stereocenters. The first-order valence-electron chi connectivity index (χ1n) is 4.84. The van der Waals surface area contributed by atoms with E-state index in [1.165, 1.54) is 4.88 Å². The quantitative estimate of drug-likeness (QED) is 0.488. The van der Waals surface area contributed by atoms with Crippen LogP contribution in [-0.2, 0) is 0 Å². The molecule has 1 aromatic carbocycles. The molecule has 2 rings (SSSR count). The Morgan fingerprint density at radius 1 is 1.18 bits per heavy atom. The first-order valence-corrected chi connectivity index (χ1v) is 8.05. The van der Waals surface area contributed by atoms with Crippen LogP contribution in [0.2, 0.25) is 5.02 Å². The lowest BCUT2D eigenvalue weighted by Crippen LogP contribution is -1.90. The van der Waals surface area contributed by atoms with Gasteiger partial charge < -0.3 is 0 Å². The topological polar surface area (TPSA) is 0 Å². The first kappa shape index (κ1) is 13.9. The molecule has 0 amide bonds. The van der Waals surface area contributed by atoms with Crippen LogP contribution in [0.25, 0.3) is 0 Å². The number of hydrogen-bond donors (Lipinski definition) is 0. The highest BCUT2D eigenvalue weighted by Crippen LogP contribution is 2.38. The molecule has 1 heterocycles. The van der Waals surface area contributed by atoms with Crippen molar-refractivity contribution in [2.24, 2.45) is 0 Å². The molecule has 5 heteroatoms. The summed E-state index contributed by atoms with van der Waals surface area (Å²) in [6.45, 7) is 2.07. The van der Waals surface area contributed by atoms with E-state index in [0.29, 0.717) is 5.02 Å². The van der Waals surface area contributed by atoms with E-state index in [0.717, 1.165) is 19.4 Å². The Bertz CT molecular complexity index is 532. The molecule has 0 bridgehead atoms.